The third-order valence-electron chi connectivity index (χ3n) is 2.45. The van der Waals surface area contributed by atoms with Gasteiger partial charge in [0.15, 0.2) is 0 Å². The van der Waals surface area contributed by atoms with Crippen molar-refractivity contribution < 1.29 is 9.50 Å². The van der Waals surface area contributed by atoms with E-state index in [-0.39, 0.29) is 12.4 Å². The summed E-state index contributed by atoms with van der Waals surface area (Å²) in [4.78, 5) is 8.62. The molecule has 0 aliphatic carbocycles. The number of benzene rings is 1. The van der Waals surface area contributed by atoms with Crippen LogP contribution in [0.3, 0.4) is 0 Å². The van der Waals surface area contributed by atoms with E-state index in [4.69, 9.17) is 5.11 Å². The molecular weight excluding hydrogens is 207 g/mol. The standard InChI is InChI=1S/C12H13FN2O/c1-8-10-7-9(13)4-5-11(10)15-12(14-8)3-2-6-16/h4-5,7,16H,2-3,6H2,1H3. The topological polar surface area (TPSA) is 46.0 Å². The number of nitrogens with zero attached hydrogens (tertiary/aromatic N) is 2. The van der Waals surface area contributed by atoms with Gasteiger partial charge >= 0.3 is 0 Å². The first-order valence-electron chi connectivity index (χ1n) is 5.24. The molecule has 2 aromatic rings. The van der Waals surface area contributed by atoms with E-state index in [9.17, 15) is 4.39 Å². The van der Waals surface area contributed by atoms with Gasteiger partial charge in [-0.15, -0.1) is 0 Å². The Morgan fingerprint density at radius 3 is 2.88 bits per heavy atom. The molecule has 0 aliphatic rings. The highest BCUT2D eigenvalue weighted by Crippen LogP contribution is 2.17. The molecule has 0 saturated carbocycles. The van der Waals surface area contributed by atoms with Crippen molar-refractivity contribution in [2.75, 3.05) is 6.61 Å². The van der Waals surface area contributed by atoms with E-state index in [1.54, 1.807) is 6.07 Å². The largest absolute Gasteiger partial charge is 0.396 e. The normalized spacial score (nSPS) is 10.9. The Bertz CT molecular complexity index is 514. The number of hydrogen-bond donors (Lipinski definition) is 1. The summed E-state index contributed by atoms with van der Waals surface area (Å²) in [6.07, 6.45) is 1.29. The van der Waals surface area contributed by atoms with Gasteiger partial charge in [0, 0.05) is 24.1 Å². The zero-order chi connectivity index (χ0) is 11.5. The highest BCUT2D eigenvalue weighted by Gasteiger charge is 2.05. The van der Waals surface area contributed by atoms with Crippen molar-refractivity contribution in [3.63, 3.8) is 0 Å². The quantitative estimate of drug-likeness (QED) is 0.860. The molecular formula is C12H13FN2O. The maximum Gasteiger partial charge on any atom is 0.129 e. The molecule has 0 spiro atoms. The van der Waals surface area contributed by atoms with Crippen LogP contribution in [-0.2, 0) is 6.42 Å². The van der Waals surface area contributed by atoms with E-state index in [0.29, 0.717) is 18.7 Å². The lowest BCUT2D eigenvalue weighted by Crippen LogP contribution is -2.00. The Morgan fingerprint density at radius 1 is 1.31 bits per heavy atom. The first-order valence-corrected chi connectivity index (χ1v) is 5.24. The molecule has 0 aliphatic heterocycles. The second-order valence-corrected chi connectivity index (χ2v) is 3.71. The van der Waals surface area contributed by atoms with Crippen molar-refractivity contribution in [2.45, 2.75) is 19.8 Å². The summed E-state index contributed by atoms with van der Waals surface area (Å²) < 4.78 is 13.0. The van der Waals surface area contributed by atoms with E-state index >= 15 is 0 Å². The average Bonchev–Trinajstić information content (AvgIpc) is 2.27. The van der Waals surface area contributed by atoms with Gasteiger partial charge < -0.3 is 5.11 Å². The monoisotopic (exact) mass is 220 g/mol. The van der Waals surface area contributed by atoms with Gasteiger partial charge in [-0.05, 0) is 31.5 Å². The van der Waals surface area contributed by atoms with Crippen LogP contribution in [0.25, 0.3) is 10.9 Å². The zero-order valence-electron chi connectivity index (χ0n) is 9.07. The summed E-state index contributed by atoms with van der Waals surface area (Å²) in [5, 5.41) is 9.48. The van der Waals surface area contributed by atoms with E-state index in [2.05, 4.69) is 9.97 Å². The van der Waals surface area contributed by atoms with Crippen molar-refractivity contribution in [1.82, 2.24) is 9.97 Å². The SMILES string of the molecule is Cc1nc(CCCO)nc2ccc(F)cc12. The average molecular weight is 220 g/mol. The fourth-order valence-electron chi connectivity index (χ4n) is 1.66. The Morgan fingerprint density at radius 2 is 2.12 bits per heavy atom. The molecule has 0 bridgehead atoms. The van der Waals surface area contributed by atoms with E-state index < -0.39 is 0 Å². The van der Waals surface area contributed by atoms with Crippen LogP contribution >= 0.6 is 0 Å². The molecule has 4 heteroatoms. The Hall–Kier alpha value is -1.55. The van der Waals surface area contributed by atoms with Crippen molar-refractivity contribution >= 4 is 10.9 Å². The molecule has 1 N–H and O–H groups in total. The lowest BCUT2D eigenvalue weighted by atomic mass is 10.2. The number of aliphatic hydroxyl groups is 1. The molecule has 0 amide bonds. The number of rotatable bonds is 3. The molecule has 1 aromatic carbocycles. The number of halogens is 1. The van der Waals surface area contributed by atoms with Crippen LogP contribution in [0.1, 0.15) is 17.9 Å². The van der Waals surface area contributed by atoms with Crippen LogP contribution in [0.4, 0.5) is 4.39 Å². The minimum Gasteiger partial charge on any atom is -0.396 e. The number of aryl methyl sites for hydroxylation is 2. The Balaban J connectivity index is 2.46. The van der Waals surface area contributed by atoms with Gasteiger partial charge in [-0.25, -0.2) is 14.4 Å². The van der Waals surface area contributed by atoms with E-state index in [0.717, 1.165) is 16.6 Å². The van der Waals surface area contributed by atoms with E-state index in [1.165, 1.54) is 12.1 Å². The van der Waals surface area contributed by atoms with Crippen molar-refractivity contribution in [1.29, 1.82) is 0 Å². The molecule has 2 rings (SSSR count). The van der Waals surface area contributed by atoms with Crippen molar-refractivity contribution in [3.05, 3.63) is 35.5 Å². The van der Waals surface area contributed by atoms with Gasteiger partial charge in [0.25, 0.3) is 0 Å². The summed E-state index contributed by atoms with van der Waals surface area (Å²) in [6, 6.07) is 4.49. The molecule has 1 heterocycles. The highest BCUT2D eigenvalue weighted by atomic mass is 19.1. The maximum absolute atomic E-state index is 13.0. The van der Waals surface area contributed by atoms with Crippen molar-refractivity contribution in [3.8, 4) is 0 Å². The minimum atomic E-state index is -0.276. The second-order valence-electron chi connectivity index (χ2n) is 3.71. The molecule has 1 aromatic heterocycles. The Labute approximate surface area is 93.0 Å². The maximum atomic E-state index is 13.0. The number of aliphatic hydroxyl groups excluding tert-OH is 1. The predicted octanol–water partition coefficient (Wildman–Crippen LogP) is 2.00. The van der Waals surface area contributed by atoms with Gasteiger partial charge in [-0.2, -0.15) is 0 Å². The predicted molar refractivity (Wildman–Crippen MR) is 59.6 cm³/mol. The molecule has 0 saturated heterocycles. The number of hydrogen-bond acceptors (Lipinski definition) is 3. The molecule has 0 radical (unpaired) electrons. The first kappa shape index (κ1) is 11.0. The van der Waals surface area contributed by atoms with Crippen LogP contribution in [0.5, 0.6) is 0 Å². The molecule has 84 valence electrons. The summed E-state index contributed by atoms with van der Waals surface area (Å²) in [5.74, 6) is 0.424. The third kappa shape index (κ3) is 2.17. The second kappa shape index (κ2) is 4.53. The lowest BCUT2D eigenvalue weighted by Gasteiger charge is -2.04. The van der Waals surface area contributed by atoms with Crippen LogP contribution in [0.15, 0.2) is 18.2 Å². The number of aromatic nitrogens is 2. The molecule has 3 nitrogen and oxygen atoms in total. The van der Waals surface area contributed by atoms with Gasteiger partial charge in [0.05, 0.1) is 5.52 Å². The molecule has 0 unspecified atom stereocenters. The van der Waals surface area contributed by atoms with Crippen LogP contribution in [0.2, 0.25) is 0 Å². The van der Waals surface area contributed by atoms with Gasteiger partial charge in [0.1, 0.15) is 11.6 Å². The van der Waals surface area contributed by atoms with Gasteiger partial charge in [0.2, 0.25) is 0 Å². The van der Waals surface area contributed by atoms with Gasteiger partial charge in [-0.3, -0.25) is 0 Å². The number of fused-ring (bicyclic) bond motifs is 1. The lowest BCUT2D eigenvalue weighted by molar-refractivity contribution is 0.287. The van der Waals surface area contributed by atoms with Crippen LogP contribution in [-0.4, -0.2) is 21.7 Å². The molecule has 0 atom stereocenters. The summed E-state index contributed by atoms with van der Waals surface area (Å²) in [6.45, 7) is 1.97. The molecule has 16 heavy (non-hydrogen) atoms. The summed E-state index contributed by atoms with van der Waals surface area (Å²) in [5.41, 5.74) is 1.53. The van der Waals surface area contributed by atoms with Gasteiger partial charge in [-0.1, -0.05) is 0 Å². The molecule has 0 fully saturated rings. The first-order chi connectivity index (χ1) is 7.70. The fraction of sp³-hybridized carbons (Fsp3) is 0.333. The van der Waals surface area contributed by atoms with Crippen LogP contribution in [0, 0.1) is 12.7 Å². The minimum absolute atomic E-state index is 0.129. The van der Waals surface area contributed by atoms with Crippen LogP contribution < -0.4 is 0 Å². The smallest absolute Gasteiger partial charge is 0.129 e. The highest BCUT2D eigenvalue weighted by molar-refractivity contribution is 5.80. The van der Waals surface area contributed by atoms with Crippen molar-refractivity contribution in [2.24, 2.45) is 0 Å². The third-order valence-corrected chi connectivity index (χ3v) is 2.45. The zero-order valence-corrected chi connectivity index (χ0v) is 9.07. The summed E-state index contributed by atoms with van der Waals surface area (Å²) >= 11 is 0. The fourth-order valence-corrected chi connectivity index (χ4v) is 1.66. The van der Waals surface area contributed by atoms with E-state index in [1.807, 2.05) is 6.92 Å². The Kier molecular flexibility index (Phi) is 3.10. The summed E-state index contributed by atoms with van der Waals surface area (Å²) in [7, 11) is 0.